The fourth-order valence-corrected chi connectivity index (χ4v) is 3.31. The van der Waals surface area contributed by atoms with Gasteiger partial charge in [-0.1, -0.05) is 23.9 Å². The van der Waals surface area contributed by atoms with E-state index in [9.17, 15) is 0 Å². The van der Waals surface area contributed by atoms with E-state index in [1.54, 1.807) is 22.7 Å². The zero-order chi connectivity index (χ0) is 16.0. The first-order chi connectivity index (χ1) is 11.1. The van der Waals surface area contributed by atoms with Gasteiger partial charge < -0.3 is 10.2 Å². The van der Waals surface area contributed by atoms with Crippen LogP contribution in [0, 0.1) is 13.8 Å². The topological polar surface area (TPSA) is 82.2 Å². The van der Waals surface area contributed by atoms with Gasteiger partial charge in [-0.05, 0) is 31.5 Å². The van der Waals surface area contributed by atoms with E-state index >= 15 is 0 Å². The van der Waals surface area contributed by atoms with Gasteiger partial charge in [0.25, 0.3) is 0 Å². The van der Waals surface area contributed by atoms with Crippen molar-refractivity contribution in [1.82, 2.24) is 14.9 Å². The molecule has 0 spiro atoms. The molecular formula is C16H15N5OS. The SMILES string of the molecule is Cc1ccc(C2=Nn3c(nnc3-c3ccoc3C)SC2)cc1N. The van der Waals surface area contributed by atoms with Crippen LogP contribution in [-0.2, 0) is 0 Å². The molecule has 2 aromatic heterocycles. The van der Waals surface area contributed by atoms with Crippen LogP contribution >= 0.6 is 11.8 Å². The Kier molecular flexibility index (Phi) is 3.23. The molecule has 0 aliphatic carbocycles. The number of rotatable bonds is 2. The normalized spacial score (nSPS) is 13.7. The molecule has 0 radical (unpaired) electrons. The van der Waals surface area contributed by atoms with Gasteiger partial charge in [0, 0.05) is 17.0 Å². The Labute approximate surface area is 137 Å². The number of fused-ring (bicyclic) bond motifs is 1. The van der Waals surface area contributed by atoms with Gasteiger partial charge in [-0.15, -0.1) is 10.2 Å². The lowest BCUT2D eigenvalue weighted by Crippen LogP contribution is -2.14. The lowest BCUT2D eigenvalue weighted by Gasteiger charge is -2.14. The van der Waals surface area contributed by atoms with Gasteiger partial charge in [0.15, 0.2) is 5.82 Å². The number of benzene rings is 1. The summed E-state index contributed by atoms with van der Waals surface area (Å²) in [4.78, 5) is 0. The zero-order valence-electron chi connectivity index (χ0n) is 12.8. The maximum atomic E-state index is 6.02. The van der Waals surface area contributed by atoms with Gasteiger partial charge in [-0.3, -0.25) is 0 Å². The van der Waals surface area contributed by atoms with E-state index in [1.165, 1.54) is 0 Å². The van der Waals surface area contributed by atoms with Crippen molar-refractivity contribution in [2.45, 2.75) is 19.0 Å². The number of aryl methyl sites for hydroxylation is 2. The fourth-order valence-electron chi connectivity index (χ4n) is 2.47. The van der Waals surface area contributed by atoms with Gasteiger partial charge in [0.2, 0.25) is 5.16 Å². The summed E-state index contributed by atoms with van der Waals surface area (Å²) in [6.07, 6.45) is 1.65. The van der Waals surface area contributed by atoms with Crippen molar-refractivity contribution < 1.29 is 4.42 Å². The standard InChI is InChI=1S/C16H15N5OS/c1-9-3-4-11(7-13(9)17)14-8-23-16-19-18-15(21(16)20-14)12-5-6-22-10(12)2/h3-7H,8,17H2,1-2H3. The van der Waals surface area contributed by atoms with E-state index in [-0.39, 0.29) is 0 Å². The van der Waals surface area contributed by atoms with Crippen LogP contribution in [0.4, 0.5) is 5.69 Å². The molecule has 0 saturated carbocycles. The molecule has 0 fully saturated rings. The summed E-state index contributed by atoms with van der Waals surface area (Å²) in [5.74, 6) is 2.23. The van der Waals surface area contributed by atoms with Gasteiger partial charge >= 0.3 is 0 Å². The maximum absolute atomic E-state index is 6.02. The second-order valence-corrected chi connectivity index (χ2v) is 6.36. The van der Waals surface area contributed by atoms with Gasteiger partial charge in [0.05, 0.1) is 17.5 Å². The van der Waals surface area contributed by atoms with Crippen LogP contribution in [0.3, 0.4) is 0 Å². The highest BCUT2D eigenvalue weighted by Gasteiger charge is 2.22. The Morgan fingerprint density at radius 1 is 1.22 bits per heavy atom. The quantitative estimate of drug-likeness (QED) is 0.732. The first kappa shape index (κ1) is 14.1. The summed E-state index contributed by atoms with van der Waals surface area (Å²) in [6, 6.07) is 7.90. The summed E-state index contributed by atoms with van der Waals surface area (Å²) in [5, 5.41) is 14.0. The van der Waals surface area contributed by atoms with Crippen LogP contribution in [0.2, 0.25) is 0 Å². The second kappa shape index (κ2) is 5.27. The third kappa shape index (κ3) is 2.33. The summed E-state index contributed by atoms with van der Waals surface area (Å²) >= 11 is 1.61. The molecule has 6 nitrogen and oxygen atoms in total. The molecule has 116 valence electrons. The lowest BCUT2D eigenvalue weighted by atomic mass is 10.1. The highest BCUT2D eigenvalue weighted by Crippen LogP contribution is 2.30. The Morgan fingerprint density at radius 3 is 2.83 bits per heavy atom. The molecule has 23 heavy (non-hydrogen) atoms. The van der Waals surface area contributed by atoms with Crippen LogP contribution in [-0.4, -0.2) is 26.3 Å². The van der Waals surface area contributed by atoms with E-state index in [0.717, 1.165) is 44.8 Å². The smallest absolute Gasteiger partial charge is 0.212 e. The van der Waals surface area contributed by atoms with Crippen LogP contribution in [0.15, 0.2) is 45.2 Å². The number of aromatic nitrogens is 3. The summed E-state index contributed by atoms with van der Waals surface area (Å²) < 4.78 is 7.14. The predicted molar refractivity (Wildman–Crippen MR) is 90.7 cm³/mol. The molecule has 2 N–H and O–H groups in total. The van der Waals surface area contributed by atoms with Crippen LogP contribution in [0.5, 0.6) is 0 Å². The number of anilines is 1. The van der Waals surface area contributed by atoms with E-state index < -0.39 is 0 Å². The maximum Gasteiger partial charge on any atom is 0.212 e. The Bertz CT molecular complexity index is 924. The molecule has 3 heterocycles. The van der Waals surface area contributed by atoms with Crippen molar-refractivity contribution in [3.8, 4) is 11.4 Å². The minimum absolute atomic E-state index is 0.691. The van der Waals surface area contributed by atoms with Crippen LogP contribution < -0.4 is 5.73 Å². The van der Waals surface area contributed by atoms with Gasteiger partial charge in [-0.2, -0.15) is 9.78 Å². The average molecular weight is 325 g/mol. The molecule has 1 aliphatic rings. The molecule has 0 amide bonds. The van der Waals surface area contributed by atoms with E-state index in [4.69, 9.17) is 15.3 Å². The monoisotopic (exact) mass is 325 g/mol. The highest BCUT2D eigenvalue weighted by molar-refractivity contribution is 7.99. The molecule has 7 heteroatoms. The second-order valence-electron chi connectivity index (χ2n) is 5.42. The first-order valence-corrected chi connectivity index (χ1v) is 8.19. The summed E-state index contributed by atoms with van der Waals surface area (Å²) in [6.45, 7) is 3.90. The molecule has 1 aliphatic heterocycles. The molecule has 4 rings (SSSR count). The van der Waals surface area contributed by atoms with Crippen molar-refractivity contribution in [2.75, 3.05) is 11.5 Å². The average Bonchev–Trinajstić information content (AvgIpc) is 3.15. The Morgan fingerprint density at radius 2 is 2.09 bits per heavy atom. The van der Waals surface area contributed by atoms with Crippen molar-refractivity contribution in [3.63, 3.8) is 0 Å². The fraction of sp³-hybridized carbons (Fsp3) is 0.188. The predicted octanol–water partition coefficient (Wildman–Crippen LogP) is 3.10. The number of nitrogen functional groups attached to an aromatic ring is 1. The van der Waals surface area contributed by atoms with Crippen molar-refractivity contribution in [2.24, 2.45) is 5.10 Å². The minimum atomic E-state index is 0.691. The number of nitrogens with zero attached hydrogens (tertiary/aromatic N) is 4. The van der Waals surface area contributed by atoms with E-state index in [1.807, 2.05) is 38.1 Å². The third-order valence-corrected chi connectivity index (χ3v) is 4.81. The molecule has 0 unspecified atom stereocenters. The van der Waals surface area contributed by atoms with E-state index in [2.05, 4.69) is 10.2 Å². The first-order valence-electron chi connectivity index (χ1n) is 7.20. The Hall–Kier alpha value is -2.54. The number of hydrogen-bond donors (Lipinski definition) is 1. The summed E-state index contributed by atoms with van der Waals surface area (Å²) in [7, 11) is 0. The number of furan rings is 1. The molecule has 1 aromatic carbocycles. The number of nitrogens with two attached hydrogens (primary N) is 1. The molecule has 0 atom stereocenters. The third-order valence-electron chi connectivity index (χ3n) is 3.88. The van der Waals surface area contributed by atoms with Crippen molar-refractivity contribution in [1.29, 1.82) is 0 Å². The number of thioether (sulfide) groups is 1. The largest absolute Gasteiger partial charge is 0.469 e. The number of hydrogen-bond acceptors (Lipinski definition) is 6. The van der Waals surface area contributed by atoms with Crippen LogP contribution in [0.25, 0.3) is 11.4 Å². The molecular weight excluding hydrogens is 310 g/mol. The zero-order valence-corrected chi connectivity index (χ0v) is 13.6. The van der Waals surface area contributed by atoms with E-state index in [0.29, 0.717) is 5.82 Å². The minimum Gasteiger partial charge on any atom is -0.469 e. The molecule has 0 saturated heterocycles. The molecule has 3 aromatic rings. The van der Waals surface area contributed by atoms with Gasteiger partial charge in [0.1, 0.15) is 5.76 Å². The van der Waals surface area contributed by atoms with Crippen molar-refractivity contribution in [3.05, 3.63) is 47.4 Å². The summed E-state index contributed by atoms with van der Waals surface area (Å²) in [5.41, 5.74) is 10.7. The lowest BCUT2D eigenvalue weighted by molar-refractivity contribution is 0.534. The Balaban J connectivity index is 1.81. The molecule has 0 bridgehead atoms. The van der Waals surface area contributed by atoms with Crippen molar-refractivity contribution >= 4 is 23.2 Å². The van der Waals surface area contributed by atoms with Gasteiger partial charge in [-0.25, -0.2) is 0 Å². The highest BCUT2D eigenvalue weighted by atomic mass is 32.2. The van der Waals surface area contributed by atoms with Crippen LogP contribution in [0.1, 0.15) is 16.9 Å².